The minimum absolute atomic E-state index is 0.297. The largest absolute Gasteiger partial charge is 0.451 e. The van der Waals surface area contributed by atoms with Crippen LogP contribution in [0, 0.1) is 0 Å². The monoisotopic (exact) mass is 187 g/mol. The molecule has 0 aliphatic rings. The van der Waals surface area contributed by atoms with E-state index < -0.39 is 0 Å². The Hall–Kier alpha value is -1.13. The Bertz CT molecular complexity index is 280. The van der Waals surface area contributed by atoms with Crippen LogP contribution >= 0.6 is 0 Å². The zero-order valence-electron chi connectivity index (χ0n) is 8.65. The van der Waals surface area contributed by atoms with Crippen LogP contribution in [-0.4, -0.2) is 27.6 Å². The Balaban J connectivity index is 2.75. The van der Waals surface area contributed by atoms with Crippen LogP contribution in [-0.2, 0) is 11.3 Å². The summed E-state index contributed by atoms with van der Waals surface area (Å²) in [4.78, 5) is 16.5. The number of hydrogen-bond donors (Lipinski definition) is 0. The second kappa shape index (κ2) is 3.72. The summed E-state index contributed by atoms with van der Waals surface area (Å²) in [5, 5.41) is 0. The molecule has 1 aromatic heterocycles. The Kier molecular flexibility index (Phi) is 2.85. The normalized spacial score (nSPS) is 11.2. The number of ether oxygens (including phenoxy) is 1. The third kappa shape index (κ3) is 1.79. The van der Waals surface area contributed by atoms with Crippen molar-refractivity contribution in [1.29, 1.82) is 0 Å². The molecule has 0 saturated heterocycles. The highest BCUT2D eigenvalue weighted by molar-refractivity contribution is 5.68. The number of nitrogens with zero attached hydrogens (tertiary/aromatic N) is 3. The summed E-state index contributed by atoms with van der Waals surface area (Å²) in [6.45, 7) is 7.00. The van der Waals surface area contributed by atoms with E-state index in [0.29, 0.717) is 6.04 Å². The van der Waals surface area contributed by atoms with Crippen LogP contribution in [0.3, 0.4) is 0 Å². The van der Waals surface area contributed by atoms with Crippen molar-refractivity contribution in [3.05, 3.63) is 0 Å². The first-order chi connectivity index (χ1) is 6.13. The second-order valence-corrected chi connectivity index (χ2v) is 3.27. The van der Waals surface area contributed by atoms with Crippen molar-refractivity contribution in [3.63, 3.8) is 0 Å². The van der Waals surface area contributed by atoms with Gasteiger partial charge in [-0.15, -0.1) is 0 Å². The van der Waals surface area contributed by atoms with Crippen molar-refractivity contribution in [2.75, 3.05) is 7.11 Å². The molecule has 1 heterocycles. The quantitative estimate of drug-likeness (QED) is 0.722. The summed E-state index contributed by atoms with van der Waals surface area (Å²) in [5.41, 5.74) is 0. The van der Waals surface area contributed by atoms with Gasteiger partial charge < -0.3 is 4.74 Å². The maximum absolute atomic E-state index is 11.2. The maximum atomic E-state index is 11.2. The molecule has 0 saturated carbocycles. The fraction of sp³-hybridized carbons (Fsp3) is 0.875. The van der Waals surface area contributed by atoms with E-state index >= 15 is 0 Å². The third-order valence-corrected chi connectivity index (χ3v) is 1.84. The van der Waals surface area contributed by atoms with Gasteiger partial charge in [0.15, 0.2) is 0 Å². The highest BCUT2D eigenvalue weighted by atomic mass is 16.6. The number of carbonyl (C=O) groups is 1. The molecule has 0 radical (unpaired) electrons. The Morgan fingerprint density at radius 3 is 2.46 bits per heavy atom. The summed E-state index contributed by atoms with van der Waals surface area (Å²) < 4.78 is 4.63. The number of carbonyl (C=O) groups excluding carboxylic acids is 1. The standard InChI is InChI=1S/C8H17N3O2/c1-5-6-9-10(7(2)3)11(9)8(12)13-4/h7H,5-6H2,1-4H3. The Morgan fingerprint density at radius 1 is 1.46 bits per heavy atom. The summed E-state index contributed by atoms with van der Waals surface area (Å²) in [6, 6.07) is 0.297. The topological polar surface area (TPSA) is 41.1 Å². The second-order valence-electron chi connectivity index (χ2n) is 3.27. The molecular formula is C8H17N3O2. The Labute approximate surface area is 77.8 Å². The minimum Gasteiger partial charge on any atom is -0.450 e. The van der Waals surface area contributed by atoms with Gasteiger partial charge in [-0.1, -0.05) is 11.7 Å². The third-order valence-electron chi connectivity index (χ3n) is 1.84. The first-order valence-electron chi connectivity index (χ1n) is 4.58. The number of methoxy groups -OCH3 is 1. The highest BCUT2D eigenvalue weighted by Gasteiger charge is 2.25. The molecule has 0 unspecified atom stereocenters. The van der Waals surface area contributed by atoms with Crippen molar-refractivity contribution in [2.24, 2.45) is 0 Å². The van der Waals surface area contributed by atoms with Crippen molar-refractivity contribution in [2.45, 2.75) is 39.8 Å². The van der Waals surface area contributed by atoms with Crippen LogP contribution in [0.2, 0.25) is 0 Å². The molecule has 1 rings (SSSR count). The molecule has 0 aliphatic carbocycles. The number of hydrogen-bond acceptors (Lipinski definition) is 2. The van der Waals surface area contributed by atoms with Gasteiger partial charge in [0.1, 0.15) is 0 Å². The van der Waals surface area contributed by atoms with Crippen LogP contribution < -0.4 is 0 Å². The van der Waals surface area contributed by atoms with Gasteiger partial charge in [-0.3, -0.25) is 0 Å². The van der Waals surface area contributed by atoms with E-state index in [0.717, 1.165) is 13.0 Å². The Morgan fingerprint density at radius 2 is 2.08 bits per heavy atom. The van der Waals surface area contributed by atoms with Crippen molar-refractivity contribution in [3.8, 4) is 0 Å². The number of rotatable bonds is 3. The zero-order chi connectivity index (χ0) is 10.0. The highest BCUT2D eigenvalue weighted by Crippen LogP contribution is 2.12. The van der Waals surface area contributed by atoms with Gasteiger partial charge >= 0.3 is 6.09 Å². The van der Waals surface area contributed by atoms with Gasteiger partial charge in [-0.2, -0.15) is 9.59 Å². The smallest absolute Gasteiger partial charge is 0.450 e. The molecule has 0 amide bonds. The van der Waals surface area contributed by atoms with E-state index in [1.165, 1.54) is 11.9 Å². The molecule has 0 aromatic carbocycles. The van der Waals surface area contributed by atoms with Gasteiger partial charge in [0.25, 0.3) is 0 Å². The van der Waals surface area contributed by atoms with E-state index in [1.54, 1.807) is 0 Å². The lowest BCUT2D eigenvalue weighted by molar-refractivity contribution is 0.169. The van der Waals surface area contributed by atoms with E-state index in [1.807, 2.05) is 23.4 Å². The molecule has 13 heavy (non-hydrogen) atoms. The molecule has 0 bridgehead atoms. The maximum Gasteiger partial charge on any atom is 0.451 e. The van der Waals surface area contributed by atoms with Crippen LogP contribution in [0.15, 0.2) is 0 Å². The van der Waals surface area contributed by atoms with Gasteiger partial charge in [-0.25, -0.2) is 4.79 Å². The van der Waals surface area contributed by atoms with Crippen LogP contribution in [0.25, 0.3) is 0 Å². The molecular weight excluding hydrogens is 170 g/mol. The predicted octanol–water partition coefficient (Wildman–Crippen LogP) is 1.70. The van der Waals surface area contributed by atoms with Crippen LogP contribution in [0.4, 0.5) is 4.79 Å². The van der Waals surface area contributed by atoms with Gasteiger partial charge in [0, 0.05) is 0 Å². The zero-order valence-corrected chi connectivity index (χ0v) is 8.65. The van der Waals surface area contributed by atoms with E-state index in [4.69, 9.17) is 0 Å². The fourth-order valence-electron chi connectivity index (χ4n) is 1.31. The average Bonchev–Trinajstić information content (AvgIpc) is 2.78. The van der Waals surface area contributed by atoms with Gasteiger partial charge in [-0.05, 0) is 20.3 Å². The molecule has 0 fully saturated rings. The van der Waals surface area contributed by atoms with E-state index in [2.05, 4.69) is 11.7 Å². The average molecular weight is 187 g/mol. The fourth-order valence-corrected chi connectivity index (χ4v) is 1.31. The molecule has 5 heteroatoms. The lowest BCUT2D eigenvalue weighted by Crippen LogP contribution is -2.09. The first kappa shape index (κ1) is 9.95. The SMILES string of the molecule is CCCn1n(C(=O)OC)n1C(C)C. The van der Waals surface area contributed by atoms with Crippen LogP contribution in [0.5, 0.6) is 0 Å². The molecule has 5 nitrogen and oxygen atoms in total. The molecule has 1 aromatic rings. The predicted molar refractivity (Wildman–Crippen MR) is 48.9 cm³/mol. The molecule has 0 spiro atoms. The molecule has 76 valence electrons. The first-order valence-corrected chi connectivity index (χ1v) is 4.58. The number of aromatic nitrogens is 3. The summed E-state index contributed by atoms with van der Waals surface area (Å²) in [7, 11) is 1.39. The van der Waals surface area contributed by atoms with Gasteiger partial charge in [0.05, 0.1) is 19.7 Å². The van der Waals surface area contributed by atoms with Crippen molar-refractivity contribution in [1.82, 2.24) is 14.4 Å². The summed E-state index contributed by atoms with van der Waals surface area (Å²) in [5.74, 6) is 0. The molecule has 0 atom stereocenters. The van der Waals surface area contributed by atoms with E-state index in [-0.39, 0.29) is 6.09 Å². The lowest BCUT2D eigenvalue weighted by atomic mass is 10.4. The van der Waals surface area contributed by atoms with E-state index in [9.17, 15) is 4.79 Å². The molecule has 0 aliphatic heterocycles. The summed E-state index contributed by atoms with van der Waals surface area (Å²) in [6.07, 6.45) is 0.693. The summed E-state index contributed by atoms with van der Waals surface area (Å²) >= 11 is 0. The van der Waals surface area contributed by atoms with Crippen LogP contribution in [0.1, 0.15) is 33.2 Å². The van der Waals surface area contributed by atoms with Crippen molar-refractivity contribution < 1.29 is 9.53 Å². The molecule has 0 N–H and O–H groups in total. The minimum atomic E-state index is -0.317. The van der Waals surface area contributed by atoms with Gasteiger partial charge in [0.2, 0.25) is 0 Å². The van der Waals surface area contributed by atoms with Crippen molar-refractivity contribution >= 4 is 6.09 Å². The lowest BCUT2D eigenvalue weighted by Gasteiger charge is -1.95.